The van der Waals surface area contributed by atoms with Crippen LogP contribution in [0.3, 0.4) is 0 Å². The molecule has 0 aliphatic rings. The highest BCUT2D eigenvalue weighted by atomic mass is 19.1. The van der Waals surface area contributed by atoms with Crippen LogP contribution in [-0.4, -0.2) is 31.1 Å². The average molecular weight is 347 g/mol. The summed E-state index contributed by atoms with van der Waals surface area (Å²) >= 11 is 0. The largest absolute Gasteiger partial charge is 0.477 e. The number of pyridine rings is 1. The highest BCUT2D eigenvalue weighted by molar-refractivity contribution is 6.01. The van der Waals surface area contributed by atoms with E-state index in [1.165, 1.54) is 12.4 Å². The molecule has 1 N–H and O–H groups in total. The minimum Gasteiger partial charge on any atom is -0.477 e. The molecule has 0 saturated heterocycles. The van der Waals surface area contributed by atoms with Crippen LogP contribution in [0.2, 0.25) is 0 Å². The number of rotatable bonds is 3. The van der Waals surface area contributed by atoms with Gasteiger partial charge in [-0.1, -0.05) is 0 Å². The number of carboxylic acids is 1. The van der Waals surface area contributed by atoms with Crippen molar-refractivity contribution in [2.24, 2.45) is 0 Å². The summed E-state index contributed by atoms with van der Waals surface area (Å²) in [5, 5.41) is 8.64. The van der Waals surface area contributed by atoms with Gasteiger partial charge < -0.3 is 9.67 Å². The fourth-order valence-corrected chi connectivity index (χ4v) is 2.59. The lowest BCUT2D eigenvalue weighted by Gasteiger charge is -2.13. The molecule has 9 heteroatoms. The zero-order valence-corrected chi connectivity index (χ0v) is 12.9. The summed E-state index contributed by atoms with van der Waals surface area (Å²) < 4.78 is 31.4. The number of hydrogen-bond donors (Lipinski definition) is 1. The summed E-state index contributed by atoms with van der Waals surface area (Å²) in [5.41, 5.74) is -2.81. The molecule has 25 heavy (non-hydrogen) atoms. The molecule has 2 heterocycles. The van der Waals surface area contributed by atoms with Crippen LogP contribution >= 0.6 is 0 Å². The van der Waals surface area contributed by atoms with Crippen molar-refractivity contribution < 1.29 is 23.5 Å². The van der Waals surface area contributed by atoms with Gasteiger partial charge in [0.15, 0.2) is 5.82 Å². The lowest BCUT2D eigenvalue weighted by molar-refractivity contribution is 0.0694. The summed E-state index contributed by atoms with van der Waals surface area (Å²) in [5.74, 6) is -4.99. The number of aromatic carboxylic acids is 1. The number of hydrogen-bond acceptors (Lipinski definition) is 4. The molecule has 7 nitrogen and oxygen atoms in total. The molecule has 1 aromatic carbocycles. The van der Waals surface area contributed by atoms with Crippen molar-refractivity contribution in [2.75, 3.05) is 0 Å². The predicted octanol–water partition coefficient (Wildman–Crippen LogP) is 1.88. The predicted molar refractivity (Wildman–Crippen MR) is 82.7 cm³/mol. The quantitative estimate of drug-likeness (QED) is 0.781. The van der Waals surface area contributed by atoms with Crippen molar-refractivity contribution >= 4 is 22.8 Å². The van der Waals surface area contributed by atoms with Crippen LogP contribution in [0.5, 0.6) is 0 Å². The average Bonchev–Trinajstić information content (AvgIpc) is 3.09. The van der Waals surface area contributed by atoms with E-state index in [0.717, 1.165) is 21.7 Å². The van der Waals surface area contributed by atoms with Crippen molar-refractivity contribution in [3.05, 3.63) is 64.0 Å². The Kier molecular flexibility index (Phi) is 3.91. The molecule has 0 aliphatic carbocycles. The van der Waals surface area contributed by atoms with E-state index in [2.05, 4.69) is 4.98 Å². The molecule has 0 fully saturated rings. The van der Waals surface area contributed by atoms with Gasteiger partial charge in [-0.2, -0.15) is 0 Å². The number of halogens is 2. The molecule has 0 unspecified atom stereocenters. The fourth-order valence-electron chi connectivity index (χ4n) is 2.59. The Bertz CT molecular complexity index is 1070. The van der Waals surface area contributed by atoms with Gasteiger partial charge in [0.1, 0.15) is 23.3 Å². The second kappa shape index (κ2) is 5.93. The van der Waals surface area contributed by atoms with Crippen molar-refractivity contribution in [1.82, 2.24) is 14.1 Å². The van der Waals surface area contributed by atoms with E-state index >= 15 is 0 Å². The molecule has 3 aromatic rings. The van der Waals surface area contributed by atoms with Gasteiger partial charge >= 0.3 is 5.97 Å². The van der Waals surface area contributed by atoms with Crippen LogP contribution in [0.25, 0.3) is 10.9 Å². The molecule has 0 spiro atoms. The standard InChI is InChI=1S/C16H11F2N3O4/c1-2-20-6-9(16(24)25)14(22)8-5-10(17)11(12(18)13(8)20)15(23)21-4-3-19-7-21/h3-7H,2H2,1H3,(H,24,25). The van der Waals surface area contributed by atoms with Crippen molar-refractivity contribution in [3.63, 3.8) is 0 Å². The van der Waals surface area contributed by atoms with Gasteiger partial charge in [-0.05, 0) is 13.0 Å². The Morgan fingerprint density at radius 2 is 2.04 bits per heavy atom. The van der Waals surface area contributed by atoms with Crippen LogP contribution in [0.4, 0.5) is 8.78 Å². The molecular formula is C16H11F2N3O4. The van der Waals surface area contributed by atoms with Crippen LogP contribution in [0, 0.1) is 11.6 Å². The smallest absolute Gasteiger partial charge is 0.341 e. The van der Waals surface area contributed by atoms with E-state index < -0.39 is 45.5 Å². The Morgan fingerprint density at radius 1 is 1.32 bits per heavy atom. The van der Waals surface area contributed by atoms with Crippen LogP contribution in [0.15, 0.2) is 35.8 Å². The monoisotopic (exact) mass is 347 g/mol. The molecule has 3 rings (SSSR count). The molecule has 0 atom stereocenters. The molecule has 128 valence electrons. The minimum absolute atomic E-state index is 0.109. The lowest BCUT2D eigenvalue weighted by atomic mass is 10.1. The maximum absolute atomic E-state index is 14.9. The summed E-state index contributed by atoms with van der Waals surface area (Å²) in [7, 11) is 0. The van der Waals surface area contributed by atoms with E-state index in [1.807, 2.05) is 0 Å². The van der Waals surface area contributed by atoms with Gasteiger partial charge in [-0.25, -0.2) is 18.6 Å². The number of aromatic nitrogens is 3. The summed E-state index contributed by atoms with van der Waals surface area (Å²) in [6, 6.07) is 0.684. The molecule has 0 amide bonds. The Morgan fingerprint density at radius 3 is 2.60 bits per heavy atom. The maximum Gasteiger partial charge on any atom is 0.341 e. The molecule has 0 radical (unpaired) electrons. The topological polar surface area (TPSA) is 94.2 Å². The molecule has 0 saturated carbocycles. The first kappa shape index (κ1) is 16.5. The third-order valence-corrected chi connectivity index (χ3v) is 3.78. The van der Waals surface area contributed by atoms with E-state index in [-0.39, 0.29) is 12.1 Å². The molecule has 0 bridgehead atoms. The number of carbonyl (C=O) groups excluding carboxylic acids is 1. The number of nitrogens with zero attached hydrogens (tertiary/aromatic N) is 3. The van der Waals surface area contributed by atoms with Crippen molar-refractivity contribution in [1.29, 1.82) is 0 Å². The Balaban J connectivity index is 2.41. The second-order valence-electron chi connectivity index (χ2n) is 5.18. The number of fused-ring (bicyclic) bond motifs is 1. The van der Waals surface area contributed by atoms with Crippen LogP contribution < -0.4 is 5.43 Å². The van der Waals surface area contributed by atoms with E-state index in [0.29, 0.717) is 6.07 Å². The van der Waals surface area contributed by atoms with Gasteiger partial charge in [0.2, 0.25) is 5.43 Å². The normalized spacial score (nSPS) is 11.0. The fraction of sp³-hybridized carbons (Fsp3) is 0.125. The third-order valence-electron chi connectivity index (χ3n) is 3.78. The van der Waals surface area contributed by atoms with E-state index in [4.69, 9.17) is 5.11 Å². The molecule has 0 aliphatic heterocycles. The number of aryl methyl sites for hydroxylation is 1. The highest BCUT2D eigenvalue weighted by Gasteiger charge is 2.25. The Hall–Kier alpha value is -3.36. The number of carboxylic acid groups (broad SMARTS) is 1. The van der Waals surface area contributed by atoms with Gasteiger partial charge in [-0.3, -0.25) is 14.2 Å². The third kappa shape index (κ3) is 2.49. The zero-order valence-electron chi connectivity index (χ0n) is 12.9. The van der Waals surface area contributed by atoms with Crippen molar-refractivity contribution in [2.45, 2.75) is 13.5 Å². The molecular weight excluding hydrogens is 336 g/mol. The van der Waals surface area contributed by atoms with Gasteiger partial charge in [-0.15, -0.1) is 0 Å². The Labute approximate surface area is 138 Å². The van der Waals surface area contributed by atoms with Crippen molar-refractivity contribution in [3.8, 4) is 0 Å². The van der Waals surface area contributed by atoms with Gasteiger partial charge in [0.25, 0.3) is 5.91 Å². The zero-order chi connectivity index (χ0) is 18.3. The first-order valence-corrected chi connectivity index (χ1v) is 7.17. The first-order valence-electron chi connectivity index (χ1n) is 7.17. The summed E-state index contributed by atoms with van der Waals surface area (Å²) in [6.45, 7) is 1.70. The number of imidazole rings is 1. The molecule has 2 aromatic heterocycles. The van der Waals surface area contributed by atoms with Crippen LogP contribution in [-0.2, 0) is 6.54 Å². The van der Waals surface area contributed by atoms with Gasteiger partial charge in [0, 0.05) is 25.1 Å². The maximum atomic E-state index is 14.9. The highest BCUT2D eigenvalue weighted by Crippen LogP contribution is 2.24. The summed E-state index contributed by atoms with van der Waals surface area (Å²) in [4.78, 5) is 39.4. The SMILES string of the molecule is CCn1cc(C(=O)O)c(=O)c2cc(F)c(C(=O)n3ccnc3)c(F)c21. The first-order chi connectivity index (χ1) is 11.9. The van der Waals surface area contributed by atoms with Crippen LogP contribution in [0.1, 0.15) is 27.6 Å². The van der Waals surface area contributed by atoms with Gasteiger partial charge in [0.05, 0.1) is 10.9 Å². The lowest BCUT2D eigenvalue weighted by Crippen LogP contribution is -2.22. The second-order valence-corrected chi connectivity index (χ2v) is 5.18. The minimum atomic E-state index is -1.51. The van der Waals surface area contributed by atoms with E-state index in [1.54, 1.807) is 6.92 Å². The summed E-state index contributed by atoms with van der Waals surface area (Å²) in [6.07, 6.45) is 4.56. The number of carbonyl (C=O) groups is 2. The van der Waals surface area contributed by atoms with E-state index in [9.17, 15) is 23.2 Å². The number of benzene rings is 1.